The van der Waals surface area contributed by atoms with Crippen LogP contribution in [0.4, 0.5) is 0 Å². The van der Waals surface area contributed by atoms with E-state index in [9.17, 15) is 4.79 Å². The van der Waals surface area contributed by atoms with Gasteiger partial charge in [0.05, 0.1) is 19.9 Å². The molecule has 3 aliphatic rings. The van der Waals surface area contributed by atoms with E-state index in [1.54, 1.807) is 25.2 Å². The van der Waals surface area contributed by atoms with Gasteiger partial charge in [0.15, 0.2) is 11.5 Å². The zero-order chi connectivity index (χ0) is 21.1. The minimum Gasteiger partial charge on any atom is -0.493 e. The van der Waals surface area contributed by atoms with Crippen LogP contribution in [-0.2, 0) is 4.79 Å². The van der Waals surface area contributed by atoms with Crippen LogP contribution in [-0.4, -0.2) is 68.1 Å². The van der Waals surface area contributed by atoms with Gasteiger partial charge in [-0.05, 0) is 48.5 Å². The molecule has 1 saturated heterocycles. The Morgan fingerprint density at radius 1 is 0.900 bits per heavy atom. The number of methoxy groups -OCH3 is 2. The van der Waals surface area contributed by atoms with E-state index in [4.69, 9.17) is 9.47 Å². The fourth-order valence-electron chi connectivity index (χ4n) is 3.78. The maximum Gasteiger partial charge on any atom is 0.255 e. The lowest BCUT2D eigenvalue weighted by atomic mass is 10.0. The second-order valence-corrected chi connectivity index (χ2v) is 7.51. The lowest BCUT2D eigenvalue weighted by Crippen LogP contribution is -2.44. The van der Waals surface area contributed by atoms with Crippen molar-refractivity contribution in [2.24, 2.45) is 0 Å². The predicted molar refractivity (Wildman–Crippen MR) is 118 cm³/mol. The summed E-state index contributed by atoms with van der Waals surface area (Å²) in [5, 5.41) is 0. The summed E-state index contributed by atoms with van der Waals surface area (Å²) in [4.78, 5) is 19.5. The highest BCUT2D eigenvalue weighted by atomic mass is 16.5. The van der Waals surface area contributed by atoms with Crippen molar-refractivity contribution in [3.05, 3.63) is 77.8 Å². The van der Waals surface area contributed by atoms with Gasteiger partial charge in [-0.1, -0.05) is 18.2 Å². The number of carbonyl (C=O) groups excluding carboxylic acids is 1. The highest BCUT2D eigenvalue weighted by Gasteiger charge is 2.22. The van der Waals surface area contributed by atoms with Gasteiger partial charge in [-0.2, -0.15) is 0 Å². The summed E-state index contributed by atoms with van der Waals surface area (Å²) in [6.45, 7) is 3.96. The number of likely N-dealkylation sites (N-methyl/N-ethyl adjacent to an activating group) is 1. The van der Waals surface area contributed by atoms with Crippen molar-refractivity contribution >= 4 is 11.5 Å². The fraction of sp³-hybridized carbons (Fsp3) is 0.292. The third kappa shape index (κ3) is 4.04. The lowest BCUT2D eigenvalue weighted by Gasteiger charge is -2.36. The highest BCUT2D eigenvalue weighted by molar-refractivity contribution is 6.00. The first-order valence-electron chi connectivity index (χ1n) is 10.1. The van der Waals surface area contributed by atoms with Crippen molar-refractivity contribution in [1.82, 2.24) is 14.7 Å². The van der Waals surface area contributed by atoms with Gasteiger partial charge < -0.3 is 19.3 Å². The van der Waals surface area contributed by atoms with Crippen LogP contribution < -0.4 is 9.47 Å². The molecule has 0 saturated carbocycles. The monoisotopic (exact) mass is 405 g/mol. The Morgan fingerprint density at radius 3 is 2.37 bits per heavy atom. The summed E-state index contributed by atoms with van der Waals surface area (Å²) < 4.78 is 10.7. The molecule has 0 spiro atoms. The number of fused-ring (bicyclic) bond motifs is 1. The number of hydrogen-bond acceptors (Lipinski definition) is 5. The van der Waals surface area contributed by atoms with E-state index in [-0.39, 0.29) is 5.91 Å². The third-order valence-corrected chi connectivity index (χ3v) is 5.61. The number of rotatable bonds is 4. The summed E-state index contributed by atoms with van der Waals surface area (Å²) in [5.74, 6) is 1.21. The van der Waals surface area contributed by atoms with Crippen molar-refractivity contribution in [2.75, 3.05) is 47.4 Å². The highest BCUT2D eigenvalue weighted by Crippen LogP contribution is 2.32. The van der Waals surface area contributed by atoms with Crippen LogP contribution in [0.3, 0.4) is 0 Å². The molecule has 0 atom stereocenters. The number of piperazine rings is 1. The van der Waals surface area contributed by atoms with Crippen molar-refractivity contribution in [1.29, 1.82) is 0 Å². The maximum atomic E-state index is 13.2. The van der Waals surface area contributed by atoms with Gasteiger partial charge >= 0.3 is 0 Å². The largest absolute Gasteiger partial charge is 0.493 e. The Kier molecular flexibility index (Phi) is 5.77. The van der Waals surface area contributed by atoms with Crippen molar-refractivity contribution in [3.8, 4) is 11.5 Å². The maximum absolute atomic E-state index is 13.2. The Balaban J connectivity index is 1.63. The molecule has 6 heteroatoms. The molecule has 0 unspecified atom stereocenters. The van der Waals surface area contributed by atoms with Gasteiger partial charge in [-0.15, -0.1) is 0 Å². The summed E-state index contributed by atoms with van der Waals surface area (Å²) in [7, 11) is 5.35. The number of nitrogens with zero attached hydrogens (tertiary/aromatic N) is 3. The zero-order valence-electron chi connectivity index (χ0n) is 17.7. The molecule has 0 aromatic heterocycles. The number of ether oxygens (including phenoxy) is 2. The fourth-order valence-corrected chi connectivity index (χ4v) is 3.78. The first-order chi connectivity index (χ1) is 14.6. The van der Waals surface area contributed by atoms with Crippen LogP contribution in [0.25, 0.3) is 5.57 Å². The number of benzene rings is 1. The minimum absolute atomic E-state index is 0.0774. The molecule has 30 heavy (non-hydrogen) atoms. The quantitative estimate of drug-likeness (QED) is 0.771. The molecule has 1 amide bonds. The van der Waals surface area contributed by atoms with E-state index in [1.807, 2.05) is 48.7 Å². The Morgan fingerprint density at radius 2 is 1.63 bits per heavy atom. The number of hydrogen-bond donors (Lipinski definition) is 0. The molecule has 156 valence electrons. The Hall–Kier alpha value is -3.25. The summed E-state index contributed by atoms with van der Waals surface area (Å²) in [6, 6.07) is 5.66. The smallest absolute Gasteiger partial charge is 0.255 e. The SMILES string of the molecule is COc1ccc(C2=CC(=O)N3C=C(N4CCN(C)CC4)C=C/C3=C\C=C2)cc1OC. The van der Waals surface area contributed by atoms with Crippen LogP contribution in [0.5, 0.6) is 11.5 Å². The molecule has 4 rings (SSSR count). The van der Waals surface area contributed by atoms with E-state index in [2.05, 4.69) is 22.9 Å². The molecule has 1 fully saturated rings. The summed E-state index contributed by atoms with van der Waals surface area (Å²) in [6.07, 6.45) is 13.6. The van der Waals surface area contributed by atoms with Crippen LogP contribution in [0, 0.1) is 0 Å². The predicted octanol–water partition coefficient (Wildman–Crippen LogP) is 3.03. The van der Waals surface area contributed by atoms with Gasteiger partial charge in [-0.25, -0.2) is 0 Å². The van der Waals surface area contributed by atoms with E-state index in [0.29, 0.717) is 11.5 Å². The van der Waals surface area contributed by atoms with Crippen molar-refractivity contribution < 1.29 is 14.3 Å². The van der Waals surface area contributed by atoms with Crippen LogP contribution in [0.15, 0.2) is 72.2 Å². The van der Waals surface area contributed by atoms with E-state index in [0.717, 1.165) is 48.7 Å². The van der Waals surface area contributed by atoms with Crippen LogP contribution in [0.2, 0.25) is 0 Å². The lowest BCUT2D eigenvalue weighted by molar-refractivity contribution is -0.122. The van der Waals surface area contributed by atoms with Crippen LogP contribution in [0.1, 0.15) is 5.56 Å². The van der Waals surface area contributed by atoms with Crippen LogP contribution >= 0.6 is 0 Å². The first-order valence-corrected chi connectivity index (χ1v) is 10.1. The average molecular weight is 405 g/mol. The standard InChI is InChI=1S/C24H27N3O3/c1-25-11-13-26(14-12-25)21-9-8-20-6-4-5-18(16-24(28)27(20)17-21)19-7-10-22(29-2)23(15-19)30-3/h4-10,15-17H,11-14H2,1-3H3/b5-4?,18-16?,20-6+. The third-order valence-electron chi connectivity index (χ3n) is 5.61. The summed E-state index contributed by atoms with van der Waals surface area (Å²) in [5.41, 5.74) is 3.64. The molecular weight excluding hydrogens is 378 g/mol. The second kappa shape index (κ2) is 8.63. The minimum atomic E-state index is -0.0774. The molecular formula is C24H27N3O3. The van der Waals surface area contributed by atoms with E-state index in [1.165, 1.54) is 0 Å². The summed E-state index contributed by atoms with van der Waals surface area (Å²) >= 11 is 0. The van der Waals surface area contributed by atoms with Gasteiger partial charge in [0.1, 0.15) is 0 Å². The van der Waals surface area contributed by atoms with Crippen molar-refractivity contribution in [3.63, 3.8) is 0 Å². The van der Waals surface area contributed by atoms with E-state index < -0.39 is 0 Å². The molecule has 3 aliphatic heterocycles. The number of amides is 1. The molecule has 1 aromatic carbocycles. The van der Waals surface area contributed by atoms with E-state index >= 15 is 0 Å². The topological polar surface area (TPSA) is 45.2 Å². The molecule has 0 N–H and O–H groups in total. The number of allylic oxidation sites excluding steroid dienone is 6. The Labute approximate surface area is 177 Å². The van der Waals surface area contributed by atoms with Gasteiger partial charge in [0.25, 0.3) is 5.91 Å². The molecule has 0 aliphatic carbocycles. The molecule has 1 aromatic rings. The normalized spacial score (nSPS) is 21.2. The Bertz CT molecular complexity index is 979. The molecule has 6 nitrogen and oxygen atoms in total. The van der Waals surface area contributed by atoms with Crippen molar-refractivity contribution in [2.45, 2.75) is 0 Å². The second-order valence-electron chi connectivity index (χ2n) is 7.51. The molecule has 3 heterocycles. The first kappa shape index (κ1) is 20.0. The average Bonchev–Trinajstić information content (AvgIpc) is 2.77. The van der Waals surface area contributed by atoms with Gasteiger partial charge in [0, 0.05) is 44.2 Å². The van der Waals surface area contributed by atoms with Gasteiger partial charge in [-0.3, -0.25) is 9.69 Å². The molecule has 0 bridgehead atoms. The van der Waals surface area contributed by atoms with Gasteiger partial charge in [0.2, 0.25) is 0 Å². The molecule has 0 radical (unpaired) electrons. The number of carbonyl (C=O) groups is 1. The zero-order valence-corrected chi connectivity index (χ0v) is 17.7.